The molecule has 4 aliphatic heterocycles. The fourth-order valence-corrected chi connectivity index (χ4v) is 8.45. The van der Waals surface area contributed by atoms with Crippen molar-refractivity contribution in [1.82, 2.24) is 25.3 Å². The summed E-state index contributed by atoms with van der Waals surface area (Å²) in [7, 11) is 0. The Hall–Kier alpha value is -3.22. The molecule has 0 unspecified atom stereocenters. The Morgan fingerprint density at radius 2 is 1.57 bits per heavy atom. The standard InChI is InChI=1S/C34H45F4N5O4/c35-25-3-1-22(2-4-25)32(47)41-15-11-33(12-16-41)19-29(44)39-13-7-24-20-42(27-5-9-34(37,38)10-6-27)14-8-23(24)17-30(45)43-21-26(36)18-28(43)31(46)40-33/h1-4,23-24,26-28H,5-21H2,(H,39,44)(H,40,46)/t23-,24-,26-,28-/m0/s1. The lowest BCUT2D eigenvalue weighted by molar-refractivity contribution is -0.141. The van der Waals surface area contributed by atoms with Crippen LogP contribution in [0.15, 0.2) is 24.3 Å². The maximum atomic E-state index is 14.8. The molecule has 0 radical (unpaired) electrons. The van der Waals surface area contributed by atoms with Crippen LogP contribution in [0.5, 0.6) is 0 Å². The zero-order chi connectivity index (χ0) is 33.3. The van der Waals surface area contributed by atoms with Gasteiger partial charge < -0.3 is 25.3 Å². The summed E-state index contributed by atoms with van der Waals surface area (Å²) in [6, 6.07) is 4.34. The summed E-state index contributed by atoms with van der Waals surface area (Å²) in [4.78, 5) is 59.2. The number of rotatable bonds is 2. The number of benzene rings is 1. The Balaban J connectivity index is 1.17. The van der Waals surface area contributed by atoms with Crippen LogP contribution in [-0.4, -0.2) is 107 Å². The largest absolute Gasteiger partial charge is 0.356 e. The normalized spacial score (nSPS) is 31.0. The molecule has 4 saturated heterocycles. The minimum Gasteiger partial charge on any atom is -0.356 e. The van der Waals surface area contributed by atoms with Gasteiger partial charge in [0.15, 0.2) is 0 Å². The number of alkyl halides is 3. The third-order valence-corrected chi connectivity index (χ3v) is 11.3. The maximum absolute atomic E-state index is 14.8. The lowest BCUT2D eigenvalue weighted by Gasteiger charge is -2.45. The summed E-state index contributed by atoms with van der Waals surface area (Å²) in [6.45, 7) is 2.02. The van der Waals surface area contributed by atoms with Crippen LogP contribution in [0.2, 0.25) is 0 Å². The van der Waals surface area contributed by atoms with Gasteiger partial charge >= 0.3 is 0 Å². The van der Waals surface area contributed by atoms with E-state index in [0.717, 1.165) is 0 Å². The van der Waals surface area contributed by atoms with Gasteiger partial charge in [-0.3, -0.25) is 19.2 Å². The molecule has 4 amide bonds. The van der Waals surface area contributed by atoms with Crippen molar-refractivity contribution in [2.24, 2.45) is 11.8 Å². The topological polar surface area (TPSA) is 102 Å². The SMILES string of the molecule is O=C1CC2(CCN(C(=O)c3ccc(F)cc3)CC2)NC(=O)[C@@H]2C[C@H](F)CN2C(=O)C[C@@H]2CCN(C3CCC(F)(F)CC3)C[C@@H]2CCN1. The lowest BCUT2D eigenvalue weighted by atomic mass is 9.79. The third-order valence-electron chi connectivity index (χ3n) is 11.3. The maximum Gasteiger partial charge on any atom is 0.253 e. The lowest BCUT2D eigenvalue weighted by Crippen LogP contribution is -2.61. The van der Waals surface area contributed by atoms with E-state index in [4.69, 9.17) is 0 Å². The van der Waals surface area contributed by atoms with Crippen molar-refractivity contribution in [3.63, 3.8) is 0 Å². The molecule has 4 atom stereocenters. The number of amides is 4. The number of hydrogen-bond donors (Lipinski definition) is 2. The number of hydrogen-bond acceptors (Lipinski definition) is 5. The van der Waals surface area contributed by atoms with Crippen molar-refractivity contribution in [2.45, 2.75) is 100 Å². The van der Waals surface area contributed by atoms with E-state index in [1.165, 1.54) is 29.2 Å². The molecule has 0 aromatic heterocycles. The van der Waals surface area contributed by atoms with Crippen LogP contribution in [0.25, 0.3) is 0 Å². The predicted molar refractivity (Wildman–Crippen MR) is 165 cm³/mol. The highest BCUT2D eigenvalue weighted by Gasteiger charge is 2.46. The summed E-state index contributed by atoms with van der Waals surface area (Å²) < 4.78 is 56.0. The predicted octanol–water partition coefficient (Wildman–Crippen LogP) is 3.67. The van der Waals surface area contributed by atoms with Crippen molar-refractivity contribution < 1.29 is 36.7 Å². The number of carbonyl (C=O) groups excluding carboxylic acids is 4. The number of fused-ring (bicyclic) bond motifs is 2. The second-order valence-corrected chi connectivity index (χ2v) is 14.4. The van der Waals surface area contributed by atoms with Crippen molar-refractivity contribution in [2.75, 3.05) is 39.3 Å². The van der Waals surface area contributed by atoms with E-state index in [-0.39, 0.29) is 100 Å². The van der Waals surface area contributed by atoms with Crippen LogP contribution in [0, 0.1) is 17.7 Å². The van der Waals surface area contributed by atoms with E-state index in [2.05, 4.69) is 15.5 Å². The van der Waals surface area contributed by atoms with Crippen LogP contribution in [0.3, 0.4) is 0 Å². The molecule has 47 heavy (non-hydrogen) atoms. The van der Waals surface area contributed by atoms with E-state index < -0.39 is 35.4 Å². The molecule has 0 bridgehead atoms. The Morgan fingerprint density at radius 3 is 2.28 bits per heavy atom. The number of likely N-dealkylation sites (tertiary alicyclic amines) is 2. The highest BCUT2D eigenvalue weighted by atomic mass is 19.3. The fourth-order valence-electron chi connectivity index (χ4n) is 8.45. The van der Waals surface area contributed by atoms with Crippen LogP contribution in [0.4, 0.5) is 17.6 Å². The molecule has 6 rings (SSSR count). The molecule has 1 aromatic carbocycles. The fraction of sp³-hybridized carbons (Fsp3) is 0.706. The number of nitrogens with zero attached hydrogens (tertiary/aromatic N) is 3. The molecule has 13 heteroatoms. The molecule has 1 aliphatic carbocycles. The molecule has 258 valence electrons. The minimum atomic E-state index is -2.62. The van der Waals surface area contributed by atoms with Crippen molar-refractivity contribution in [1.29, 1.82) is 0 Å². The molecule has 1 spiro atoms. The zero-order valence-electron chi connectivity index (χ0n) is 26.7. The number of halogens is 4. The average molecular weight is 664 g/mol. The van der Waals surface area contributed by atoms with E-state index in [9.17, 15) is 36.7 Å². The van der Waals surface area contributed by atoms with Gasteiger partial charge in [-0.25, -0.2) is 17.6 Å². The van der Waals surface area contributed by atoms with Gasteiger partial charge in [0.1, 0.15) is 18.0 Å². The zero-order valence-corrected chi connectivity index (χ0v) is 26.7. The smallest absolute Gasteiger partial charge is 0.253 e. The summed E-state index contributed by atoms with van der Waals surface area (Å²) in [5.41, 5.74) is -0.661. The van der Waals surface area contributed by atoms with Gasteiger partial charge in [-0.05, 0) is 81.2 Å². The molecule has 5 fully saturated rings. The molecule has 5 aliphatic rings. The molecule has 1 aromatic rings. The van der Waals surface area contributed by atoms with Gasteiger partial charge in [-0.2, -0.15) is 0 Å². The molecular formula is C34H45F4N5O4. The van der Waals surface area contributed by atoms with Crippen LogP contribution in [-0.2, 0) is 14.4 Å². The van der Waals surface area contributed by atoms with Crippen LogP contribution in [0.1, 0.15) is 81.0 Å². The minimum absolute atomic E-state index is 0.0275. The first-order valence-corrected chi connectivity index (χ1v) is 17.1. The summed E-state index contributed by atoms with van der Waals surface area (Å²) in [6.07, 6.45) is 1.12. The Morgan fingerprint density at radius 1 is 0.872 bits per heavy atom. The Labute approximate surface area is 272 Å². The second-order valence-electron chi connectivity index (χ2n) is 14.4. The first-order valence-electron chi connectivity index (χ1n) is 17.1. The molecular weight excluding hydrogens is 618 g/mol. The first-order chi connectivity index (χ1) is 22.4. The van der Waals surface area contributed by atoms with E-state index >= 15 is 0 Å². The second kappa shape index (κ2) is 13.7. The van der Waals surface area contributed by atoms with Crippen LogP contribution >= 0.6 is 0 Å². The Kier molecular flexibility index (Phi) is 9.83. The van der Waals surface area contributed by atoms with Gasteiger partial charge in [-0.1, -0.05) is 0 Å². The third kappa shape index (κ3) is 7.76. The van der Waals surface area contributed by atoms with Gasteiger partial charge in [0.05, 0.1) is 12.1 Å². The first kappa shape index (κ1) is 33.7. The quantitative estimate of drug-likeness (QED) is 0.471. The summed E-state index contributed by atoms with van der Waals surface area (Å²) >= 11 is 0. The molecule has 1 saturated carbocycles. The van der Waals surface area contributed by atoms with E-state index in [1.807, 2.05) is 0 Å². The van der Waals surface area contributed by atoms with Gasteiger partial charge in [0, 0.05) is 69.9 Å². The van der Waals surface area contributed by atoms with Crippen LogP contribution < -0.4 is 10.6 Å². The molecule has 4 heterocycles. The Bertz CT molecular complexity index is 1330. The summed E-state index contributed by atoms with van der Waals surface area (Å²) in [5.74, 6) is -4.35. The summed E-state index contributed by atoms with van der Waals surface area (Å²) in [5, 5.41) is 6.04. The number of piperidine rings is 2. The van der Waals surface area contributed by atoms with Gasteiger partial charge in [0.2, 0.25) is 23.6 Å². The van der Waals surface area contributed by atoms with E-state index in [1.54, 1.807) is 4.90 Å². The highest BCUT2D eigenvalue weighted by Crippen LogP contribution is 2.39. The van der Waals surface area contributed by atoms with Crippen molar-refractivity contribution in [3.8, 4) is 0 Å². The van der Waals surface area contributed by atoms with Gasteiger partial charge in [0.25, 0.3) is 5.91 Å². The monoisotopic (exact) mass is 663 g/mol. The number of carbonyl (C=O) groups is 4. The average Bonchev–Trinajstić information content (AvgIpc) is 3.44. The molecule has 9 nitrogen and oxygen atoms in total. The van der Waals surface area contributed by atoms with Crippen molar-refractivity contribution >= 4 is 23.6 Å². The highest BCUT2D eigenvalue weighted by molar-refractivity contribution is 5.94. The van der Waals surface area contributed by atoms with E-state index in [0.29, 0.717) is 50.9 Å². The van der Waals surface area contributed by atoms with Gasteiger partial charge in [-0.15, -0.1) is 0 Å². The molecule has 2 N–H and O–H groups in total. The van der Waals surface area contributed by atoms with Crippen molar-refractivity contribution in [3.05, 3.63) is 35.6 Å². The number of nitrogens with one attached hydrogen (secondary N) is 2.